The minimum Gasteiger partial charge on any atom is -0.325 e. The first kappa shape index (κ1) is 14.6. The first-order valence-electron chi connectivity index (χ1n) is 6.31. The zero-order valence-electron chi connectivity index (χ0n) is 11.0. The van der Waals surface area contributed by atoms with Gasteiger partial charge in [0.1, 0.15) is 4.90 Å². The topological polar surface area (TPSA) is 85.1 Å². The van der Waals surface area contributed by atoms with Crippen molar-refractivity contribution < 1.29 is 8.42 Å². The molecule has 1 heterocycles. The van der Waals surface area contributed by atoms with Crippen molar-refractivity contribution >= 4 is 10.0 Å². The molecule has 0 aliphatic heterocycles. The summed E-state index contributed by atoms with van der Waals surface area (Å²) in [5, 5.41) is 0. The molecule has 1 aromatic carbocycles. The van der Waals surface area contributed by atoms with E-state index in [0.29, 0.717) is 18.7 Å². The summed E-state index contributed by atoms with van der Waals surface area (Å²) in [6.45, 7) is 0.432. The molecule has 2 aromatic rings. The second-order valence-corrected chi connectivity index (χ2v) is 6.02. The SMILES string of the molecule is NCc1ncccc1S(=O)(=O)NCCc1ccccc1. The molecule has 0 aliphatic rings. The summed E-state index contributed by atoms with van der Waals surface area (Å²) in [6, 6.07) is 12.8. The van der Waals surface area contributed by atoms with Crippen LogP contribution < -0.4 is 10.5 Å². The molecule has 0 amide bonds. The lowest BCUT2D eigenvalue weighted by molar-refractivity contribution is 0.579. The molecule has 5 nitrogen and oxygen atoms in total. The van der Waals surface area contributed by atoms with Gasteiger partial charge in [0.2, 0.25) is 10.0 Å². The number of rotatable bonds is 6. The van der Waals surface area contributed by atoms with E-state index >= 15 is 0 Å². The van der Waals surface area contributed by atoms with Crippen molar-refractivity contribution in [3.8, 4) is 0 Å². The quantitative estimate of drug-likeness (QED) is 0.833. The third kappa shape index (κ3) is 3.63. The highest BCUT2D eigenvalue weighted by atomic mass is 32.2. The molecule has 6 heteroatoms. The van der Waals surface area contributed by atoms with E-state index in [1.807, 2.05) is 30.3 Å². The highest BCUT2D eigenvalue weighted by molar-refractivity contribution is 7.89. The number of nitrogens with one attached hydrogen (secondary N) is 1. The Morgan fingerprint density at radius 3 is 2.55 bits per heavy atom. The number of benzene rings is 1. The van der Waals surface area contributed by atoms with Crippen LogP contribution >= 0.6 is 0 Å². The van der Waals surface area contributed by atoms with E-state index in [4.69, 9.17) is 5.73 Å². The molecule has 0 radical (unpaired) electrons. The Balaban J connectivity index is 2.04. The second-order valence-electron chi connectivity index (χ2n) is 4.29. The highest BCUT2D eigenvalue weighted by Gasteiger charge is 2.17. The molecule has 0 fully saturated rings. The molecule has 0 spiro atoms. The van der Waals surface area contributed by atoms with Gasteiger partial charge in [-0.3, -0.25) is 4.98 Å². The van der Waals surface area contributed by atoms with Gasteiger partial charge in [-0.1, -0.05) is 30.3 Å². The Morgan fingerprint density at radius 1 is 1.10 bits per heavy atom. The first-order valence-corrected chi connectivity index (χ1v) is 7.79. The standard InChI is InChI=1S/C14H17N3O2S/c15-11-13-14(7-4-9-16-13)20(18,19)17-10-8-12-5-2-1-3-6-12/h1-7,9,17H,8,10-11,15H2. The van der Waals surface area contributed by atoms with Crippen molar-refractivity contribution in [1.82, 2.24) is 9.71 Å². The van der Waals surface area contributed by atoms with Crippen LogP contribution in [0.5, 0.6) is 0 Å². The Morgan fingerprint density at radius 2 is 1.85 bits per heavy atom. The zero-order chi connectivity index (χ0) is 14.4. The van der Waals surface area contributed by atoms with Crippen molar-refractivity contribution in [3.05, 3.63) is 59.9 Å². The van der Waals surface area contributed by atoms with Gasteiger partial charge in [-0.15, -0.1) is 0 Å². The molecular weight excluding hydrogens is 274 g/mol. The lowest BCUT2D eigenvalue weighted by atomic mass is 10.2. The molecule has 1 aromatic heterocycles. The van der Waals surface area contributed by atoms with Crippen molar-refractivity contribution in [2.45, 2.75) is 17.9 Å². The summed E-state index contributed by atoms with van der Waals surface area (Å²) in [5.41, 5.74) is 6.97. The molecular formula is C14H17N3O2S. The van der Waals surface area contributed by atoms with E-state index in [-0.39, 0.29) is 11.4 Å². The summed E-state index contributed by atoms with van der Waals surface area (Å²) in [6.07, 6.45) is 2.17. The third-order valence-corrected chi connectivity index (χ3v) is 4.41. The first-order chi connectivity index (χ1) is 9.63. The van der Waals surface area contributed by atoms with Crippen LogP contribution in [0.2, 0.25) is 0 Å². The molecule has 0 saturated carbocycles. The Labute approximate surface area is 118 Å². The van der Waals surface area contributed by atoms with Crippen LogP contribution in [0.3, 0.4) is 0 Å². The maximum atomic E-state index is 12.2. The number of hydrogen-bond donors (Lipinski definition) is 2. The average Bonchev–Trinajstić information content (AvgIpc) is 2.48. The molecule has 0 saturated heterocycles. The predicted molar refractivity (Wildman–Crippen MR) is 77.5 cm³/mol. The predicted octanol–water partition coefficient (Wildman–Crippen LogP) is 1.06. The van der Waals surface area contributed by atoms with E-state index in [1.165, 1.54) is 12.3 Å². The summed E-state index contributed by atoms with van der Waals surface area (Å²) >= 11 is 0. The van der Waals surface area contributed by atoms with Crippen molar-refractivity contribution in [3.63, 3.8) is 0 Å². The summed E-state index contributed by atoms with van der Waals surface area (Å²) in [5.74, 6) is 0. The van der Waals surface area contributed by atoms with Crippen LogP contribution in [0, 0.1) is 0 Å². The van der Waals surface area contributed by atoms with Gasteiger partial charge < -0.3 is 5.73 Å². The lowest BCUT2D eigenvalue weighted by Crippen LogP contribution is -2.27. The number of nitrogens with zero attached hydrogens (tertiary/aromatic N) is 1. The van der Waals surface area contributed by atoms with Gasteiger partial charge in [0.15, 0.2) is 0 Å². The number of nitrogens with two attached hydrogens (primary N) is 1. The normalized spacial score (nSPS) is 11.4. The molecule has 0 atom stereocenters. The fourth-order valence-electron chi connectivity index (χ4n) is 1.87. The third-order valence-electron chi connectivity index (χ3n) is 2.88. The van der Waals surface area contributed by atoms with Gasteiger partial charge in [0, 0.05) is 19.3 Å². The van der Waals surface area contributed by atoms with Crippen LogP contribution in [0.15, 0.2) is 53.6 Å². The molecule has 20 heavy (non-hydrogen) atoms. The van der Waals surface area contributed by atoms with Gasteiger partial charge in [-0.2, -0.15) is 0 Å². The van der Waals surface area contributed by atoms with Gasteiger partial charge in [-0.25, -0.2) is 13.1 Å². The van der Waals surface area contributed by atoms with E-state index in [1.54, 1.807) is 6.07 Å². The van der Waals surface area contributed by atoms with Crippen molar-refractivity contribution in [1.29, 1.82) is 0 Å². The minimum absolute atomic E-state index is 0.0930. The maximum Gasteiger partial charge on any atom is 0.242 e. The number of hydrogen-bond acceptors (Lipinski definition) is 4. The Bertz CT molecular complexity index is 657. The van der Waals surface area contributed by atoms with Gasteiger partial charge in [0.05, 0.1) is 5.69 Å². The van der Waals surface area contributed by atoms with Crippen LogP contribution in [-0.4, -0.2) is 19.9 Å². The van der Waals surface area contributed by atoms with Crippen LogP contribution in [-0.2, 0) is 23.0 Å². The van der Waals surface area contributed by atoms with Gasteiger partial charge in [-0.05, 0) is 24.1 Å². The highest BCUT2D eigenvalue weighted by Crippen LogP contribution is 2.12. The largest absolute Gasteiger partial charge is 0.325 e. The van der Waals surface area contributed by atoms with E-state index < -0.39 is 10.0 Å². The lowest BCUT2D eigenvalue weighted by Gasteiger charge is -2.09. The van der Waals surface area contributed by atoms with Gasteiger partial charge in [0.25, 0.3) is 0 Å². The van der Waals surface area contributed by atoms with Gasteiger partial charge >= 0.3 is 0 Å². The Kier molecular flexibility index (Phi) is 4.84. The fourth-order valence-corrected chi connectivity index (χ4v) is 3.10. The summed E-state index contributed by atoms with van der Waals surface area (Å²) in [4.78, 5) is 4.13. The van der Waals surface area contributed by atoms with Crippen LogP contribution in [0.25, 0.3) is 0 Å². The maximum absolute atomic E-state index is 12.2. The molecule has 2 rings (SSSR count). The number of aromatic nitrogens is 1. The number of sulfonamides is 1. The fraction of sp³-hybridized carbons (Fsp3) is 0.214. The van der Waals surface area contributed by atoms with E-state index in [0.717, 1.165) is 5.56 Å². The van der Waals surface area contributed by atoms with E-state index in [9.17, 15) is 8.42 Å². The van der Waals surface area contributed by atoms with E-state index in [2.05, 4.69) is 9.71 Å². The van der Waals surface area contributed by atoms with Crippen molar-refractivity contribution in [2.75, 3.05) is 6.54 Å². The summed E-state index contributed by atoms with van der Waals surface area (Å²) in [7, 11) is -3.57. The molecule has 0 aliphatic carbocycles. The molecule has 0 bridgehead atoms. The van der Waals surface area contributed by atoms with Crippen LogP contribution in [0.4, 0.5) is 0 Å². The Hall–Kier alpha value is -1.76. The zero-order valence-corrected chi connectivity index (χ0v) is 11.8. The molecule has 0 unspecified atom stereocenters. The number of pyridine rings is 1. The van der Waals surface area contributed by atoms with Crippen molar-refractivity contribution in [2.24, 2.45) is 5.73 Å². The minimum atomic E-state index is -3.57. The average molecular weight is 291 g/mol. The smallest absolute Gasteiger partial charge is 0.242 e. The van der Waals surface area contributed by atoms with Crippen LogP contribution in [0.1, 0.15) is 11.3 Å². The monoisotopic (exact) mass is 291 g/mol. The second kappa shape index (κ2) is 6.60. The molecule has 106 valence electrons. The summed E-state index contributed by atoms with van der Waals surface area (Å²) < 4.78 is 27.0. The molecule has 3 N–H and O–H groups in total.